The summed E-state index contributed by atoms with van der Waals surface area (Å²) in [5.74, 6) is -2.11. The first kappa shape index (κ1) is 16.1. The van der Waals surface area contributed by atoms with Crippen molar-refractivity contribution >= 4 is 35.1 Å². The van der Waals surface area contributed by atoms with E-state index in [4.69, 9.17) is 23.2 Å². The minimum Gasteiger partial charge on any atom is -0.481 e. The van der Waals surface area contributed by atoms with Crippen LogP contribution in [-0.2, 0) is 16.1 Å². The lowest BCUT2D eigenvalue weighted by atomic mass is 9.78. The van der Waals surface area contributed by atoms with Crippen LogP contribution in [-0.4, -0.2) is 17.0 Å². The molecule has 0 aliphatic heterocycles. The SMILES string of the molecule is O=C(NCc1ccc(Cl)c(Cl)c1)[C@H]1CCCC[C@H]1C(=O)O. The Kier molecular flexibility index (Phi) is 5.48. The minimum absolute atomic E-state index is 0.201. The van der Waals surface area contributed by atoms with Crippen LogP contribution in [0.5, 0.6) is 0 Å². The summed E-state index contributed by atoms with van der Waals surface area (Å²) in [6.45, 7) is 0.318. The molecule has 1 aliphatic carbocycles. The number of hydrogen-bond donors (Lipinski definition) is 2. The second-order valence-corrected chi connectivity index (χ2v) is 6.12. The van der Waals surface area contributed by atoms with Crippen molar-refractivity contribution in [3.05, 3.63) is 33.8 Å². The molecule has 0 saturated heterocycles. The van der Waals surface area contributed by atoms with Gasteiger partial charge in [0.25, 0.3) is 0 Å². The standard InChI is InChI=1S/C15H17Cl2NO3/c16-12-6-5-9(7-13(12)17)8-18-14(19)10-3-1-2-4-11(10)15(20)21/h5-7,10-11H,1-4,8H2,(H,18,19)(H,20,21)/t10-,11+/m0/s1. The van der Waals surface area contributed by atoms with Crippen molar-refractivity contribution in [2.45, 2.75) is 32.2 Å². The highest BCUT2D eigenvalue weighted by atomic mass is 35.5. The molecular weight excluding hydrogens is 313 g/mol. The number of nitrogens with one attached hydrogen (secondary N) is 1. The Bertz CT molecular complexity index is 548. The van der Waals surface area contributed by atoms with E-state index in [1.54, 1.807) is 18.2 Å². The molecule has 0 unspecified atom stereocenters. The fraction of sp³-hybridized carbons (Fsp3) is 0.467. The molecule has 6 heteroatoms. The fourth-order valence-corrected chi connectivity index (χ4v) is 3.03. The van der Waals surface area contributed by atoms with Gasteiger partial charge in [0.1, 0.15) is 0 Å². The van der Waals surface area contributed by atoms with Crippen molar-refractivity contribution in [1.29, 1.82) is 0 Å². The highest BCUT2D eigenvalue weighted by Gasteiger charge is 2.35. The molecule has 2 atom stereocenters. The van der Waals surface area contributed by atoms with Gasteiger partial charge in [0.15, 0.2) is 0 Å². The van der Waals surface area contributed by atoms with Gasteiger partial charge in [0, 0.05) is 6.54 Å². The normalized spacial score (nSPS) is 21.8. The molecule has 1 aromatic carbocycles. The lowest BCUT2D eigenvalue weighted by Gasteiger charge is -2.27. The average molecular weight is 330 g/mol. The molecule has 1 fully saturated rings. The number of amides is 1. The van der Waals surface area contributed by atoms with Crippen molar-refractivity contribution < 1.29 is 14.7 Å². The van der Waals surface area contributed by atoms with Crippen LogP contribution in [0.3, 0.4) is 0 Å². The van der Waals surface area contributed by atoms with Crippen LogP contribution < -0.4 is 5.32 Å². The molecule has 0 heterocycles. The van der Waals surface area contributed by atoms with E-state index in [1.165, 1.54) is 0 Å². The maximum Gasteiger partial charge on any atom is 0.307 e. The molecule has 0 bridgehead atoms. The van der Waals surface area contributed by atoms with E-state index >= 15 is 0 Å². The van der Waals surface area contributed by atoms with E-state index in [0.29, 0.717) is 29.4 Å². The topological polar surface area (TPSA) is 66.4 Å². The quantitative estimate of drug-likeness (QED) is 0.888. The molecule has 4 nitrogen and oxygen atoms in total. The Morgan fingerprint density at radius 3 is 2.43 bits per heavy atom. The van der Waals surface area contributed by atoms with Gasteiger partial charge >= 0.3 is 5.97 Å². The summed E-state index contributed by atoms with van der Waals surface area (Å²) >= 11 is 11.8. The van der Waals surface area contributed by atoms with Crippen LogP contribution in [0.4, 0.5) is 0 Å². The number of carboxylic acid groups (broad SMARTS) is 1. The van der Waals surface area contributed by atoms with E-state index in [9.17, 15) is 14.7 Å². The first-order chi connectivity index (χ1) is 9.99. The highest BCUT2D eigenvalue weighted by Crippen LogP contribution is 2.30. The van der Waals surface area contributed by atoms with Crippen LogP contribution in [0.1, 0.15) is 31.2 Å². The van der Waals surface area contributed by atoms with Crippen molar-refractivity contribution in [2.24, 2.45) is 11.8 Å². The molecule has 21 heavy (non-hydrogen) atoms. The van der Waals surface area contributed by atoms with Crippen LogP contribution in [0.15, 0.2) is 18.2 Å². The van der Waals surface area contributed by atoms with Gasteiger partial charge in [0.05, 0.1) is 21.9 Å². The lowest BCUT2D eigenvalue weighted by Crippen LogP contribution is -2.39. The Balaban J connectivity index is 1.96. The third-order valence-corrected chi connectivity index (χ3v) is 4.61. The van der Waals surface area contributed by atoms with E-state index in [-0.39, 0.29) is 5.91 Å². The smallest absolute Gasteiger partial charge is 0.307 e. The van der Waals surface area contributed by atoms with Gasteiger partial charge < -0.3 is 10.4 Å². The van der Waals surface area contributed by atoms with Gasteiger partial charge in [-0.3, -0.25) is 9.59 Å². The number of carbonyl (C=O) groups is 2. The average Bonchev–Trinajstić information content (AvgIpc) is 2.48. The third kappa shape index (κ3) is 4.11. The van der Waals surface area contributed by atoms with Crippen molar-refractivity contribution in [3.63, 3.8) is 0 Å². The van der Waals surface area contributed by atoms with Crippen LogP contribution in [0.2, 0.25) is 10.0 Å². The zero-order valence-corrected chi connectivity index (χ0v) is 13.0. The molecule has 2 rings (SSSR count). The second-order valence-electron chi connectivity index (χ2n) is 5.30. The fourth-order valence-electron chi connectivity index (χ4n) is 2.71. The molecular formula is C15H17Cl2NO3. The van der Waals surface area contributed by atoms with Gasteiger partial charge in [-0.2, -0.15) is 0 Å². The third-order valence-electron chi connectivity index (χ3n) is 3.87. The molecule has 114 valence electrons. The first-order valence-corrected chi connectivity index (χ1v) is 7.69. The Morgan fingerprint density at radius 2 is 1.81 bits per heavy atom. The summed E-state index contributed by atoms with van der Waals surface area (Å²) in [4.78, 5) is 23.4. The second kappa shape index (κ2) is 7.14. The number of hydrogen-bond acceptors (Lipinski definition) is 2. The molecule has 1 aliphatic rings. The van der Waals surface area contributed by atoms with Gasteiger partial charge in [-0.05, 0) is 30.5 Å². The minimum atomic E-state index is -0.885. The highest BCUT2D eigenvalue weighted by molar-refractivity contribution is 6.42. The van der Waals surface area contributed by atoms with E-state index in [1.807, 2.05) is 0 Å². The van der Waals surface area contributed by atoms with Gasteiger partial charge in [0.2, 0.25) is 5.91 Å². The summed E-state index contributed by atoms with van der Waals surface area (Å²) < 4.78 is 0. The first-order valence-electron chi connectivity index (χ1n) is 6.93. The molecule has 0 aromatic heterocycles. The molecule has 0 spiro atoms. The lowest BCUT2D eigenvalue weighted by molar-refractivity contribution is -0.148. The van der Waals surface area contributed by atoms with Gasteiger partial charge in [-0.25, -0.2) is 0 Å². The maximum atomic E-state index is 12.2. The molecule has 0 radical (unpaired) electrons. The number of aliphatic carboxylic acids is 1. The zero-order valence-electron chi connectivity index (χ0n) is 11.4. The van der Waals surface area contributed by atoms with Gasteiger partial charge in [-0.15, -0.1) is 0 Å². The number of carbonyl (C=O) groups excluding carboxylic acids is 1. The van der Waals surface area contributed by atoms with Crippen LogP contribution in [0.25, 0.3) is 0 Å². The largest absolute Gasteiger partial charge is 0.481 e. The summed E-state index contributed by atoms with van der Waals surface area (Å²) in [5, 5.41) is 12.9. The number of halogens is 2. The predicted molar refractivity (Wildman–Crippen MR) is 81.4 cm³/mol. The van der Waals surface area contributed by atoms with E-state index < -0.39 is 17.8 Å². The van der Waals surface area contributed by atoms with E-state index in [0.717, 1.165) is 18.4 Å². The zero-order chi connectivity index (χ0) is 15.4. The summed E-state index contributed by atoms with van der Waals surface area (Å²) in [6, 6.07) is 5.15. The summed E-state index contributed by atoms with van der Waals surface area (Å²) in [5.41, 5.74) is 0.834. The predicted octanol–water partition coefficient (Wildman–Crippen LogP) is 3.50. The summed E-state index contributed by atoms with van der Waals surface area (Å²) in [7, 11) is 0. The molecule has 1 amide bonds. The Hall–Kier alpha value is -1.26. The van der Waals surface area contributed by atoms with Crippen molar-refractivity contribution in [1.82, 2.24) is 5.32 Å². The Morgan fingerprint density at radius 1 is 1.14 bits per heavy atom. The van der Waals surface area contributed by atoms with Crippen molar-refractivity contribution in [3.8, 4) is 0 Å². The van der Waals surface area contributed by atoms with Crippen LogP contribution in [0, 0.1) is 11.8 Å². The number of rotatable bonds is 4. The Labute approximate surface area is 133 Å². The van der Waals surface area contributed by atoms with Crippen molar-refractivity contribution in [2.75, 3.05) is 0 Å². The maximum absolute atomic E-state index is 12.2. The van der Waals surface area contributed by atoms with Gasteiger partial charge in [-0.1, -0.05) is 42.1 Å². The van der Waals surface area contributed by atoms with Crippen LogP contribution >= 0.6 is 23.2 Å². The van der Waals surface area contributed by atoms with E-state index in [2.05, 4.69) is 5.32 Å². The number of carboxylic acids is 1. The monoisotopic (exact) mass is 329 g/mol. The summed E-state index contributed by atoms with van der Waals surface area (Å²) in [6.07, 6.45) is 2.96. The number of benzene rings is 1. The molecule has 1 aromatic rings. The molecule has 1 saturated carbocycles. The molecule has 2 N–H and O–H groups in total.